The van der Waals surface area contributed by atoms with Crippen LogP contribution in [0.15, 0.2) is 66.2 Å². The second kappa shape index (κ2) is 9.23. The van der Waals surface area contributed by atoms with Gasteiger partial charge < -0.3 is 14.5 Å². The van der Waals surface area contributed by atoms with Gasteiger partial charge in [-0.1, -0.05) is 24.6 Å². The number of nitrogens with zero attached hydrogens (tertiary/aromatic N) is 6. The number of pyridine rings is 2. The summed E-state index contributed by atoms with van der Waals surface area (Å²) in [5, 5.41) is 12.7. The van der Waals surface area contributed by atoms with Crippen LogP contribution < -0.4 is 4.90 Å². The summed E-state index contributed by atoms with van der Waals surface area (Å²) in [6.45, 7) is 7.13. The van der Waals surface area contributed by atoms with Crippen LogP contribution in [0, 0.1) is 17.0 Å². The summed E-state index contributed by atoms with van der Waals surface area (Å²) in [4.78, 5) is 13.8. The van der Waals surface area contributed by atoms with Crippen LogP contribution in [-0.2, 0) is 13.0 Å². The lowest BCUT2D eigenvalue weighted by Gasteiger charge is -2.61. The largest absolute Gasteiger partial charge is 0.410 e. The number of anilines is 1. The number of halogens is 2. The van der Waals surface area contributed by atoms with Gasteiger partial charge in [-0.15, -0.1) is 0 Å². The van der Waals surface area contributed by atoms with E-state index in [4.69, 9.17) is 0 Å². The molecule has 0 bridgehead atoms. The highest BCUT2D eigenvalue weighted by Gasteiger charge is 2.51. The Kier molecular flexibility index (Phi) is 5.87. The van der Waals surface area contributed by atoms with Crippen molar-refractivity contribution in [2.75, 3.05) is 31.1 Å². The number of imidazole rings is 1. The van der Waals surface area contributed by atoms with Crippen molar-refractivity contribution in [3.8, 4) is 0 Å². The zero-order valence-corrected chi connectivity index (χ0v) is 20.6. The molecular formula is C28H28F2N6O. The Labute approximate surface area is 213 Å². The second-order valence-corrected chi connectivity index (χ2v) is 10.2. The maximum atomic E-state index is 13.6. The Balaban J connectivity index is 1.04. The van der Waals surface area contributed by atoms with Gasteiger partial charge in [0.25, 0.3) is 0 Å². The highest BCUT2D eigenvalue weighted by Crippen LogP contribution is 2.42. The molecule has 0 radical (unpaired) electrons. The highest BCUT2D eigenvalue weighted by atomic mass is 19.2. The fraction of sp³-hybridized carbons (Fsp3) is 0.321. The Bertz CT molecular complexity index is 1470. The number of rotatable bonds is 7. The molecule has 1 N–H and O–H groups in total. The highest BCUT2D eigenvalue weighted by molar-refractivity contribution is 6.11. The van der Waals surface area contributed by atoms with Crippen LogP contribution in [0.4, 0.5) is 14.5 Å². The summed E-state index contributed by atoms with van der Waals surface area (Å²) in [5.74, 6) is -1.95. The molecule has 2 fully saturated rings. The van der Waals surface area contributed by atoms with Crippen molar-refractivity contribution < 1.29 is 14.0 Å². The third-order valence-corrected chi connectivity index (χ3v) is 7.38. The molecule has 6 rings (SSSR count). The van der Waals surface area contributed by atoms with E-state index in [1.807, 2.05) is 12.3 Å². The van der Waals surface area contributed by atoms with Crippen LogP contribution in [0.25, 0.3) is 5.65 Å². The number of likely N-dealkylation sites (tertiary alicyclic amines) is 1. The fourth-order valence-corrected chi connectivity index (χ4v) is 5.64. The van der Waals surface area contributed by atoms with Crippen molar-refractivity contribution in [3.05, 3.63) is 95.2 Å². The lowest BCUT2D eigenvalue weighted by atomic mass is 9.72. The molecule has 2 aliphatic heterocycles. The molecule has 190 valence electrons. The van der Waals surface area contributed by atoms with Crippen LogP contribution >= 0.6 is 0 Å². The quantitative estimate of drug-likeness (QED) is 0.229. The fourth-order valence-electron chi connectivity index (χ4n) is 5.64. The second-order valence-electron chi connectivity index (χ2n) is 10.2. The van der Waals surface area contributed by atoms with Crippen LogP contribution in [0.3, 0.4) is 0 Å². The Morgan fingerprint density at radius 1 is 1.00 bits per heavy atom. The predicted octanol–water partition coefficient (Wildman–Crippen LogP) is 4.51. The van der Waals surface area contributed by atoms with Gasteiger partial charge in [0, 0.05) is 79.7 Å². The van der Waals surface area contributed by atoms with Gasteiger partial charge in [0.05, 0.1) is 5.69 Å². The molecule has 1 aromatic carbocycles. The van der Waals surface area contributed by atoms with Crippen molar-refractivity contribution in [1.82, 2.24) is 19.3 Å². The third-order valence-electron chi connectivity index (χ3n) is 7.38. The predicted molar refractivity (Wildman–Crippen MR) is 137 cm³/mol. The number of oxime groups is 1. The molecule has 5 heterocycles. The summed E-state index contributed by atoms with van der Waals surface area (Å²) in [6, 6.07) is 11.4. The molecular weight excluding hydrogens is 474 g/mol. The van der Waals surface area contributed by atoms with Crippen molar-refractivity contribution in [2.24, 2.45) is 10.6 Å². The van der Waals surface area contributed by atoms with E-state index in [0.717, 1.165) is 68.9 Å². The SMILES string of the molecule is CCCc1cnc2cc(N3CC4(CN(Cc5ccc(/C(=N/O)c6ccc(F)c(F)c6)nc5)C4)C3)ccn12. The normalized spacial score (nSPS) is 17.3. The first kappa shape index (κ1) is 23.5. The van der Waals surface area contributed by atoms with E-state index in [0.29, 0.717) is 11.1 Å². The monoisotopic (exact) mass is 502 g/mol. The Morgan fingerprint density at radius 2 is 1.84 bits per heavy atom. The minimum absolute atomic E-state index is 0.0954. The molecule has 37 heavy (non-hydrogen) atoms. The maximum Gasteiger partial charge on any atom is 0.159 e. The van der Waals surface area contributed by atoms with Crippen molar-refractivity contribution >= 4 is 17.0 Å². The number of hydrogen-bond acceptors (Lipinski definition) is 6. The number of aryl methyl sites for hydroxylation is 1. The number of fused-ring (bicyclic) bond motifs is 1. The molecule has 0 unspecified atom stereocenters. The zero-order chi connectivity index (χ0) is 25.6. The first-order chi connectivity index (χ1) is 18.0. The van der Waals surface area contributed by atoms with Crippen LogP contribution in [0.2, 0.25) is 0 Å². The van der Waals surface area contributed by atoms with E-state index < -0.39 is 11.6 Å². The lowest BCUT2D eigenvalue weighted by molar-refractivity contribution is -0.0273. The van der Waals surface area contributed by atoms with E-state index in [-0.39, 0.29) is 11.3 Å². The number of benzene rings is 1. The molecule has 1 spiro atoms. The summed E-state index contributed by atoms with van der Waals surface area (Å²) < 4.78 is 29.0. The van der Waals surface area contributed by atoms with Gasteiger partial charge in [-0.3, -0.25) is 9.88 Å². The standard InChI is InChI=1S/C28H28F2N6O/c1-2-3-22-13-32-26-11-21(8-9-36(22)26)35-17-28(18-35)15-34(16-28)14-19-4-7-25(31-12-19)27(33-37)20-5-6-23(29)24(30)10-20/h4-13,37H,2-3,14-18H2,1H3/b33-27+. The molecule has 9 heteroatoms. The molecule has 2 aliphatic rings. The molecule has 7 nitrogen and oxygen atoms in total. The van der Waals surface area contributed by atoms with Gasteiger partial charge in [0.2, 0.25) is 0 Å². The van der Waals surface area contributed by atoms with E-state index in [1.165, 1.54) is 17.4 Å². The average Bonchev–Trinajstić information content (AvgIpc) is 3.25. The van der Waals surface area contributed by atoms with Crippen molar-refractivity contribution in [1.29, 1.82) is 0 Å². The minimum atomic E-state index is -1.00. The van der Waals surface area contributed by atoms with Gasteiger partial charge in [-0.25, -0.2) is 13.8 Å². The molecule has 3 aromatic heterocycles. The van der Waals surface area contributed by atoms with Crippen LogP contribution in [-0.4, -0.2) is 56.4 Å². The number of hydrogen-bond donors (Lipinski definition) is 1. The van der Waals surface area contributed by atoms with Crippen LogP contribution in [0.1, 0.15) is 35.9 Å². The van der Waals surface area contributed by atoms with Gasteiger partial charge in [0.15, 0.2) is 11.6 Å². The van der Waals surface area contributed by atoms with E-state index >= 15 is 0 Å². The smallest absolute Gasteiger partial charge is 0.159 e. The summed E-state index contributed by atoms with van der Waals surface area (Å²) in [6.07, 6.45) is 8.00. The minimum Gasteiger partial charge on any atom is -0.410 e. The first-order valence-electron chi connectivity index (χ1n) is 12.5. The first-order valence-corrected chi connectivity index (χ1v) is 12.5. The van der Waals surface area contributed by atoms with Crippen LogP contribution in [0.5, 0.6) is 0 Å². The van der Waals surface area contributed by atoms with Gasteiger partial charge in [-0.2, -0.15) is 0 Å². The number of aromatic nitrogens is 3. The molecule has 4 aromatic rings. The van der Waals surface area contributed by atoms with Crippen molar-refractivity contribution in [3.63, 3.8) is 0 Å². The van der Waals surface area contributed by atoms with E-state index in [9.17, 15) is 14.0 Å². The van der Waals surface area contributed by atoms with Gasteiger partial charge >= 0.3 is 0 Å². The van der Waals surface area contributed by atoms with E-state index in [2.05, 4.69) is 54.6 Å². The molecule has 0 saturated carbocycles. The molecule has 0 amide bonds. The molecule has 0 aliphatic carbocycles. The summed E-state index contributed by atoms with van der Waals surface area (Å²) >= 11 is 0. The Hall–Kier alpha value is -3.85. The molecule has 0 atom stereocenters. The topological polar surface area (TPSA) is 69.3 Å². The maximum absolute atomic E-state index is 13.6. The van der Waals surface area contributed by atoms with Crippen molar-refractivity contribution in [2.45, 2.75) is 26.3 Å². The Morgan fingerprint density at radius 3 is 2.54 bits per heavy atom. The zero-order valence-electron chi connectivity index (χ0n) is 20.6. The third kappa shape index (κ3) is 4.33. The average molecular weight is 503 g/mol. The molecule has 2 saturated heterocycles. The summed E-state index contributed by atoms with van der Waals surface area (Å²) in [5.41, 5.74) is 5.62. The van der Waals surface area contributed by atoms with E-state index in [1.54, 1.807) is 12.3 Å². The summed E-state index contributed by atoms with van der Waals surface area (Å²) in [7, 11) is 0. The van der Waals surface area contributed by atoms with Gasteiger partial charge in [-0.05, 0) is 42.3 Å². The van der Waals surface area contributed by atoms with Gasteiger partial charge in [0.1, 0.15) is 11.4 Å². The lowest BCUT2D eigenvalue weighted by Crippen LogP contribution is -2.71.